The zero-order chi connectivity index (χ0) is 11.4. The van der Waals surface area contributed by atoms with E-state index in [2.05, 4.69) is 6.92 Å². The second-order valence-electron chi connectivity index (χ2n) is 6.60. The van der Waals surface area contributed by atoms with E-state index in [1.165, 1.54) is 19.3 Å². The Morgan fingerprint density at radius 1 is 1.06 bits per heavy atom. The second-order valence-corrected chi connectivity index (χ2v) is 6.60. The van der Waals surface area contributed by atoms with E-state index in [1.807, 2.05) is 0 Å². The third-order valence-corrected chi connectivity index (χ3v) is 5.55. The van der Waals surface area contributed by atoms with Crippen LogP contribution in [0, 0.1) is 17.8 Å². The molecule has 2 N–H and O–H groups in total. The maximum Gasteiger partial charge on any atom is 0.0961 e. The zero-order valence-electron chi connectivity index (χ0n) is 10.3. The molecule has 16 heavy (non-hydrogen) atoms. The van der Waals surface area contributed by atoms with Gasteiger partial charge in [0.15, 0.2) is 0 Å². The lowest BCUT2D eigenvalue weighted by Crippen LogP contribution is -2.68. The van der Waals surface area contributed by atoms with Crippen LogP contribution in [-0.4, -0.2) is 21.4 Å². The normalized spacial score (nSPS) is 54.6. The first-order chi connectivity index (χ1) is 7.57. The fourth-order valence-electron chi connectivity index (χ4n) is 4.94. The van der Waals surface area contributed by atoms with Gasteiger partial charge in [0.25, 0.3) is 0 Å². The summed E-state index contributed by atoms with van der Waals surface area (Å²) in [4.78, 5) is 0. The first-order valence-electron chi connectivity index (χ1n) is 7.02. The Labute approximate surface area is 98.1 Å². The van der Waals surface area contributed by atoms with E-state index in [9.17, 15) is 10.2 Å². The second kappa shape index (κ2) is 3.46. The van der Waals surface area contributed by atoms with Crippen molar-refractivity contribution in [2.24, 2.45) is 17.8 Å². The van der Waals surface area contributed by atoms with Crippen LogP contribution in [0.4, 0.5) is 0 Å². The zero-order valence-corrected chi connectivity index (χ0v) is 10.3. The van der Waals surface area contributed by atoms with Gasteiger partial charge in [-0.3, -0.25) is 0 Å². The van der Waals surface area contributed by atoms with Gasteiger partial charge in [-0.1, -0.05) is 19.8 Å². The summed E-state index contributed by atoms with van der Waals surface area (Å²) in [6.45, 7) is 2.16. The Balaban J connectivity index is 1.87. The maximum atomic E-state index is 10.9. The Bertz CT molecular complexity index is 274. The lowest BCUT2D eigenvalue weighted by atomic mass is 9.47. The summed E-state index contributed by atoms with van der Waals surface area (Å²) < 4.78 is 0. The van der Waals surface area contributed by atoms with Crippen molar-refractivity contribution >= 4 is 0 Å². The highest BCUT2D eigenvalue weighted by molar-refractivity contribution is 5.15. The lowest BCUT2D eigenvalue weighted by molar-refractivity contribution is -0.269. The molecular weight excluding hydrogens is 200 g/mol. The van der Waals surface area contributed by atoms with E-state index in [4.69, 9.17) is 0 Å². The summed E-state index contributed by atoms with van der Waals surface area (Å²) in [6.07, 6.45) is 8.33. The standard InChI is InChI=1S/C14H24O2/c1-2-3-4-14(16)12-6-10-5-11(7-12)9-13(14,15)8-10/h10-12,15-16H,2-9H2,1H3. The molecule has 4 aliphatic carbocycles. The highest BCUT2D eigenvalue weighted by Crippen LogP contribution is 2.61. The smallest absolute Gasteiger partial charge is 0.0961 e. The molecule has 0 spiro atoms. The van der Waals surface area contributed by atoms with Crippen LogP contribution in [0.2, 0.25) is 0 Å². The third kappa shape index (κ3) is 1.32. The van der Waals surface area contributed by atoms with E-state index in [1.54, 1.807) is 0 Å². The van der Waals surface area contributed by atoms with Gasteiger partial charge in [0.05, 0.1) is 11.2 Å². The molecule has 2 heteroatoms. The van der Waals surface area contributed by atoms with Crippen molar-refractivity contribution in [2.45, 2.75) is 69.5 Å². The van der Waals surface area contributed by atoms with Crippen molar-refractivity contribution in [1.29, 1.82) is 0 Å². The van der Waals surface area contributed by atoms with Crippen LogP contribution < -0.4 is 0 Å². The Morgan fingerprint density at radius 2 is 1.69 bits per heavy atom. The first kappa shape index (κ1) is 11.0. The minimum absolute atomic E-state index is 0.385. The predicted octanol–water partition coefficient (Wildman–Crippen LogP) is 2.48. The van der Waals surface area contributed by atoms with Crippen LogP contribution in [0.25, 0.3) is 0 Å². The van der Waals surface area contributed by atoms with Gasteiger partial charge in [-0.2, -0.15) is 0 Å². The van der Waals surface area contributed by atoms with Crippen molar-refractivity contribution in [3.63, 3.8) is 0 Å². The Kier molecular flexibility index (Phi) is 2.38. The summed E-state index contributed by atoms with van der Waals surface area (Å²) in [5.74, 6) is 1.78. The molecule has 0 aliphatic heterocycles. The number of unbranched alkanes of at least 4 members (excludes halogenated alkanes) is 1. The Morgan fingerprint density at radius 3 is 2.19 bits per heavy atom. The van der Waals surface area contributed by atoms with E-state index in [0.717, 1.165) is 32.1 Å². The fraction of sp³-hybridized carbons (Fsp3) is 1.00. The van der Waals surface area contributed by atoms with Crippen LogP contribution in [0.3, 0.4) is 0 Å². The van der Waals surface area contributed by atoms with Crippen LogP contribution in [0.15, 0.2) is 0 Å². The van der Waals surface area contributed by atoms with Gasteiger partial charge in [0.2, 0.25) is 0 Å². The molecule has 4 rings (SSSR count). The van der Waals surface area contributed by atoms with Gasteiger partial charge < -0.3 is 10.2 Å². The van der Waals surface area contributed by atoms with Crippen LogP contribution >= 0.6 is 0 Å². The molecule has 4 saturated carbocycles. The average molecular weight is 224 g/mol. The number of hydrogen-bond donors (Lipinski definition) is 2. The van der Waals surface area contributed by atoms with Gasteiger partial charge in [0.1, 0.15) is 0 Å². The third-order valence-electron chi connectivity index (χ3n) is 5.55. The molecule has 0 radical (unpaired) electrons. The first-order valence-corrected chi connectivity index (χ1v) is 7.02. The molecule has 4 aliphatic rings. The molecule has 0 aromatic carbocycles. The summed E-state index contributed by atoms with van der Waals surface area (Å²) in [5, 5.41) is 21.7. The molecule has 0 saturated heterocycles. The van der Waals surface area contributed by atoms with Gasteiger partial charge in [0, 0.05) is 0 Å². The van der Waals surface area contributed by atoms with E-state index >= 15 is 0 Å². The lowest BCUT2D eigenvalue weighted by Gasteiger charge is -2.63. The number of rotatable bonds is 3. The number of hydrogen-bond acceptors (Lipinski definition) is 2. The van der Waals surface area contributed by atoms with Crippen molar-refractivity contribution < 1.29 is 10.2 Å². The monoisotopic (exact) mass is 224 g/mol. The van der Waals surface area contributed by atoms with Crippen LogP contribution in [-0.2, 0) is 0 Å². The van der Waals surface area contributed by atoms with Crippen LogP contribution in [0.1, 0.15) is 58.3 Å². The van der Waals surface area contributed by atoms with Gasteiger partial charge in [-0.25, -0.2) is 0 Å². The predicted molar refractivity (Wildman–Crippen MR) is 63.0 cm³/mol. The minimum atomic E-state index is -0.754. The fourth-order valence-corrected chi connectivity index (χ4v) is 4.94. The molecule has 92 valence electrons. The van der Waals surface area contributed by atoms with Crippen LogP contribution in [0.5, 0.6) is 0 Å². The highest BCUT2D eigenvalue weighted by atomic mass is 16.4. The van der Waals surface area contributed by atoms with E-state index in [0.29, 0.717) is 17.8 Å². The summed E-state index contributed by atoms with van der Waals surface area (Å²) in [6, 6.07) is 0. The van der Waals surface area contributed by atoms with Crippen molar-refractivity contribution in [3.05, 3.63) is 0 Å². The van der Waals surface area contributed by atoms with E-state index < -0.39 is 11.2 Å². The molecule has 3 unspecified atom stereocenters. The quantitative estimate of drug-likeness (QED) is 0.773. The molecule has 3 atom stereocenters. The molecule has 4 fully saturated rings. The Hall–Kier alpha value is -0.0800. The summed E-state index contributed by atoms with van der Waals surface area (Å²) in [7, 11) is 0. The van der Waals surface area contributed by atoms with Gasteiger partial charge in [-0.05, 0) is 56.3 Å². The maximum absolute atomic E-state index is 10.9. The molecular formula is C14H24O2. The summed E-state index contributed by atoms with van der Waals surface area (Å²) >= 11 is 0. The summed E-state index contributed by atoms with van der Waals surface area (Å²) in [5.41, 5.74) is -1.49. The topological polar surface area (TPSA) is 40.5 Å². The SMILES string of the molecule is CCCCC1(O)C2CC3CC(C2)CC1(O)C3. The number of aliphatic hydroxyl groups is 2. The van der Waals surface area contributed by atoms with Gasteiger partial charge in [-0.15, -0.1) is 0 Å². The minimum Gasteiger partial charge on any atom is -0.387 e. The molecule has 2 nitrogen and oxygen atoms in total. The van der Waals surface area contributed by atoms with Crippen molar-refractivity contribution in [1.82, 2.24) is 0 Å². The molecule has 4 bridgehead atoms. The molecule has 0 aromatic rings. The molecule has 0 amide bonds. The van der Waals surface area contributed by atoms with Gasteiger partial charge >= 0.3 is 0 Å². The average Bonchev–Trinajstić information content (AvgIpc) is 2.22. The molecule has 0 heterocycles. The van der Waals surface area contributed by atoms with Crippen molar-refractivity contribution in [2.75, 3.05) is 0 Å². The largest absolute Gasteiger partial charge is 0.387 e. The molecule has 0 aromatic heterocycles. The van der Waals surface area contributed by atoms with E-state index in [-0.39, 0.29) is 0 Å². The van der Waals surface area contributed by atoms with Crippen molar-refractivity contribution in [3.8, 4) is 0 Å². The highest BCUT2D eigenvalue weighted by Gasteiger charge is 2.63.